The smallest absolute Gasteiger partial charge is 0.125 e. The van der Waals surface area contributed by atoms with Crippen molar-refractivity contribution in [2.24, 2.45) is 0 Å². The highest BCUT2D eigenvalue weighted by Crippen LogP contribution is 2.04. The standard InChI is InChI=1S/C15H19N3O/c1-12-16-8-7-14(18-12)10-17-15(11-19)9-13-5-3-2-4-6-13/h2-8,15,17,19H,9-11H2,1H3/t15-/m0/s1. The Morgan fingerprint density at radius 3 is 2.68 bits per heavy atom. The Morgan fingerprint density at radius 1 is 1.21 bits per heavy atom. The lowest BCUT2D eigenvalue weighted by Gasteiger charge is -2.16. The average Bonchev–Trinajstić information content (AvgIpc) is 2.44. The van der Waals surface area contributed by atoms with Gasteiger partial charge in [-0.2, -0.15) is 0 Å². The second kappa shape index (κ2) is 6.97. The van der Waals surface area contributed by atoms with E-state index < -0.39 is 0 Å². The van der Waals surface area contributed by atoms with Crippen LogP contribution in [0.15, 0.2) is 42.6 Å². The Kier molecular flexibility index (Phi) is 5.01. The highest BCUT2D eigenvalue weighted by atomic mass is 16.3. The van der Waals surface area contributed by atoms with Crippen molar-refractivity contribution in [1.82, 2.24) is 15.3 Å². The molecule has 2 N–H and O–H groups in total. The van der Waals surface area contributed by atoms with Crippen LogP contribution in [0.4, 0.5) is 0 Å². The van der Waals surface area contributed by atoms with E-state index in [0.29, 0.717) is 6.54 Å². The summed E-state index contributed by atoms with van der Waals surface area (Å²) in [4.78, 5) is 8.40. The highest BCUT2D eigenvalue weighted by molar-refractivity contribution is 5.16. The van der Waals surface area contributed by atoms with Crippen molar-refractivity contribution in [3.8, 4) is 0 Å². The van der Waals surface area contributed by atoms with Gasteiger partial charge in [-0.15, -0.1) is 0 Å². The fraction of sp³-hybridized carbons (Fsp3) is 0.333. The van der Waals surface area contributed by atoms with Gasteiger partial charge in [0.15, 0.2) is 0 Å². The number of hydrogen-bond acceptors (Lipinski definition) is 4. The van der Waals surface area contributed by atoms with Crippen LogP contribution in [0.2, 0.25) is 0 Å². The van der Waals surface area contributed by atoms with Gasteiger partial charge in [0.1, 0.15) is 5.82 Å². The van der Waals surface area contributed by atoms with Crippen LogP contribution >= 0.6 is 0 Å². The SMILES string of the molecule is Cc1nccc(CN[C@H](CO)Cc2ccccc2)n1. The number of aromatic nitrogens is 2. The minimum Gasteiger partial charge on any atom is -0.395 e. The summed E-state index contributed by atoms with van der Waals surface area (Å²) in [5, 5.41) is 12.7. The second-order valence-electron chi connectivity index (χ2n) is 4.55. The molecule has 0 spiro atoms. The maximum atomic E-state index is 9.42. The number of benzene rings is 1. The predicted molar refractivity (Wildman–Crippen MR) is 74.6 cm³/mol. The fourth-order valence-corrected chi connectivity index (χ4v) is 1.95. The van der Waals surface area contributed by atoms with E-state index in [1.165, 1.54) is 5.56 Å². The van der Waals surface area contributed by atoms with Gasteiger partial charge in [-0.25, -0.2) is 9.97 Å². The summed E-state index contributed by atoms with van der Waals surface area (Å²) in [6, 6.07) is 12.1. The second-order valence-corrected chi connectivity index (χ2v) is 4.55. The van der Waals surface area contributed by atoms with E-state index in [1.54, 1.807) is 6.20 Å². The summed E-state index contributed by atoms with van der Waals surface area (Å²) in [5.41, 5.74) is 2.16. The Hall–Kier alpha value is -1.78. The van der Waals surface area contributed by atoms with Gasteiger partial charge in [-0.3, -0.25) is 0 Å². The Morgan fingerprint density at radius 2 is 2.00 bits per heavy atom. The van der Waals surface area contributed by atoms with Gasteiger partial charge in [0.2, 0.25) is 0 Å². The van der Waals surface area contributed by atoms with Crippen molar-refractivity contribution in [3.05, 3.63) is 59.7 Å². The van der Waals surface area contributed by atoms with Gasteiger partial charge in [0.25, 0.3) is 0 Å². The lowest BCUT2D eigenvalue weighted by atomic mass is 10.1. The molecule has 0 aliphatic rings. The minimum absolute atomic E-state index is 0.0395. The minimum atomic E-state index is 0.0395. The van der Waals surface area contributed by atoms with Crippen LogP contribution in [0, 0.1) is 6.92 Å². The number of nitrogens with zero attached hydrogens (tertiary/aromatic N) is 2. The zero-order valence-corrected chi connectivity index (χ0v) is 11.1. The summed E-state index contributed by atoms with van der Waals surface area (Å²) >= 11 is 0. The molecule has 1 heterocycles. The Labute approximate surface area is 113 Å². The molecule has 0 radical (unpaired) electrons. The number of aliphatic hydroxyl groups excluding tert-OH is 1. The van der Waals surface area contributed by atoms with Crippen molar-refractivity contribution in [2.45, 2.75) is 25.9 Å². The zero-order valence-electron chi connectivity index (χ0n) is 11.1. The maximum Gasteiger partial charge on any atom is 0.125 e. The lowest BCUT2D eigenvalue weighted by Crippen LogP contribution is -2.34. The number of rotatable bonds is 6. The number of aliphatic hydroxyl groups is 1. The number of nitrogens with one attached hydrogen (secondary N) is 1. The van der Waals surface area contributed by atoms with Gasteiger partial charge < -0.3 is 10.4 Å². The molecule has 1 aromatic heterocycles. The molecule has 4 nitrogen and oxygen atoms in total. The fourth-order valence-electron chi connectivity index (χ4n) is 1.95. The topological polar surface area (TPSA) is 58.0 Å². The van der Waals surface area contributed by atoms with Crippen LogP contribution in [0.3, 0.4) is 0 Å². The van der Waals surface area contributed by atoms with Gasteiger partial charge >= 0.3 is 0 Å². The number of aryl methyl sites for hydroxylation is 1. The zero-order chi connectivity index (χ0) is 13.5. The predicted octanol–water partition coefficient (Wildman–Crippen LogP) is 1.48. The van der Waals surface area contributed by atoms with Gasteiger partial charge in [0, 0.05) is 18.8 Å². The molecule has 19 heavy (non-hydrogen) atoms. The maximum absolute atomic E-state index is 9.42. The Balaban J connectivity index is 1.89. The molecular weight excluding hydrogens is 238 g/mol. The monoisotopic (exact) mass is 257 g/mol. The van der Waals surface area contributed by atoms with Crippen molar-refractivity contribution in [2.75, 3.05) is 6.61 Å². The molecule has 2 rings (SSSR count). The first-order valence-electron chi connectivity index (χ1n) is 6.44. The normalized spacial score (nSPS) is 12.3. The van der Waals surface area contributed by atoms with Crippen LogP contribution in [0.1, 0.15) is 17.1 Å². The largest absolute Gasteiger partial charge is 0.395 e. The molecule has 0 bridgehead atoms. The first-order valence-corrected chi connectivity index (χ1v) is 6.44. The van der Waals surface area contributed by atoms with E-state index in [4.69, 9.17) is 0 Å². The first-order chi connectivity index (χ1) is 9.28. The molecule has 1 atom stereocenters. The molecule has 0 amide bonds. The molecule has 0 saturated carbocycles. The van der Waals surface area contributed by atoms with Crippen LogP contribution in [-0.2, 0) is 13.0 Å². The van der Waals surface area contributed by atoms with Crippen molar-refractivity contribution >= 4 is 0 Å². The van der Waals surface area contributed by atoms with Crippen LogP contribution < -0.4 is 5.32 Å². The third-order valence-corrected chi connectivity index (χ3v) is 2.95. The van der Waals surface area contributed by atoms with Crippen LogP contribution in [0.5, 0.6) is 0 Å². The summed E-state index contributed by atoms with van der Waals surface area (Å²) in [6.07, 6.45) is 2.56. The Bertz CT molecular complexity index is 502. The van der Waals surface area contributed by atoms with Crippen molar-refractivity contribution in [1.29, 1.82) is 0 Å². The van der Waals surface area contributed by atoms with E-state index in [9.17, 15) is 5.11 Å². The number of hydrogen-bond donors (Lipinski definition) is 2. The highest BCUT2D eigenvalue weighted by Gasteiger charge is 2.08. The molecule has 0 unspecified atom stereocenters. The quantitative estimate of drug-likeness (QED) is 0.823. The summed E-state index contributed by atoms with van der Waals surface area (Å²) in [6.45, 7) is 2.62. The molecule has 100 valence electrons. The average molecular weight is 257 g/mol. The van der Waals surface area contributed by atoms with Gasteiger partial charge in [-0.1, -0.05) is 30.3 Å². The van der Waals surface area contributed by atoms with Crippen LogP contribution in [0.25, 0.3) is 0 Å². The van der Waals surface area contributed by atoms with E-state index in [0.717, 1.165) is 17.9 Å². The molecule has 0 aliphatic heterocycles. The van der Waals surface area contributed by atoms with Crippen LogP contribution in [-0.4, -0.2) is 27.7 Å². The van der Waals surface area contributed by atoms with E-state index in [2.05, 4.69) is 27.4 Å². The van der Waals surface area contributed by atoms with E-state index >= 15 is 0 Å². The summed E-state index contributed by atoms with van der Waals surface area (Å²) in [7, 11) is 0. The molecule has 1 aromatic carbocycles. The van der Waals surface area contributed by atoms with Gasteiger partial charge in [-0.05, 0) is 25.0 Å². The molecule has 0 aliphatic carbocycles. The molecule has 4 heteroatoms. The molecule has 2 aromatic rings. The molecule has 0 saturated heterocycles. The first kappa shape index (κ1) is 13.6. The third-order valence-electron chi connectivity index (χ3n) is 2.95. The van der Waals surface area contributed by atoms with Crippen molar-refractivity contribution in [3.63, 3.8) is 0 Å². The van der Waals surface area contributed by atoms with Gasteiger partial charge in [0.05, 0.1) is 12.3 Å². The summed E-state index contributed by atoms with van der Waals surface area (Å²) < 4.78 is 0. The van der Waals surface area contributed by atoms with E-state index in [1.807, 2.05) is 31.2 Å². The lowest BCUT2D eigenvalue weighted by molar-refractivity contribution is 0.240. The molecular formula is C15H19N3O. The van der Waals surface area contributed by atoms with E-state index in [-0.39, 0.29) is 12.6 Å². The third kappa shape index (κ3) is 4.43. The summed E-state index contributed by atoms with van der Waals surface area (Å²) in [5.74, 6) is 0.767. The van der Waals surface area contributed by atoms with Crippen molar-refractivity contribution < 1.29 is 5.11 Å². The molecule has 0 fully saturated rings.